The van der Waals surface area contributed by atoms with Gasteiger partial charge in [0.05, 0.1) is 6.20 Å². The molecule has 0 bridgehead atoms. The third-order valence-corrected chi connectivity index (χ3v) is 6.66. The van der Waals surface area contributed by atoms with Crippen molar-refractivity contribution in [3.8, 4) is 11.5 Å². The molecule has 0 radical (unpaired) electrons. The zero-order valence-electron chi connectivity index (χ0n) is 21.9. The maximum atomic E-state index is 14.1. The SMILES string of the molecule is CN1CCN(c2cc(N[C@@H]3CCCN(C(=O)OC(C)(C)C)C3)nc(-c3cnc4ccc(F)cn34)n2)CC1. The largest absolute Gasteiger partial charge is 0.444 e. The molecule has 10 nitrogen and oxygen atoms in total. The first-order valence-corrected chi connectivity index (χ1v) is 12.8. The van der Waals surface area contributed by atoms with Crippen LogP contribution in [-0.2, 0) is 4.74 Å². The summed E-state index contributed by atoms with van der Waals surface area (Å²) in [6.45, 7) is 10.4. The van der Waals surface area contributed by atoms with Gasteiger partial charge in [0, 0.05) is 57.6 Å². The first-order valence-electron chi connectivity index (χ1n) is 12.8. The van der Waals surface area contributed by atoms with Gasteiger partial charge in [0.1, 0.15) is 34.4 Å². The highest BCUT2D eigenvalue weighted by Crippen LogP contribution is 2.26. The van der Waals surface area contributed by atoms with E-state index in [-0.39, 0.29) is 18.0 Å². The summed E-state index contributed by atoms with van der Waals surface area (Å²) in [6, 6.07) is 5.00. The average molecular weight is 511 g/mol. The van der Waals surface area contributed by atoms with Crippen LogP contribution >= 0.6 is 0 Å². The van der Waals surface area contributed by atoms with E-state index < -0.39 is 5.60 Å². The van der Waals surface area contributed by atoms with Crippen LogP contribution in [0.1, 0.15) is 33.6 Å². The van der Waals surface area contributed by atoms with Crippen molar-refractivity contribution < 1.29 is 13.9 Å². The molecular weight excluding hydrogens is 475 g/mol. The van der Waals surface area contributed by atoms with Crippen LogP contribution in [-0.4, -0.2) is 93.2 Å². The van der Waals surface area contributed by atoms with E-state index >= 15 is 0 Å². The fourth-order valence-electron chi connectivity index (χ4n) is 4.74. The highest BCUT2D eigenvalue weighted by atomic mass is 19.1. The molecule has 1 N–H and O–H groups in total. The molecule has 198 valence electrons. The molecule has 5 heterocycles. The highest BCUT2D eigenvalue weighted by molar-refractivity contribution is 5.68. The number of carbonyl (C=O) groups is 1. The lowest BCUT2D eigenvalue weighted by Gasteiger charge is -2.35. The van der Waals surface area contributed by atoms with Crippen molar-refractivity contribution in [3.05, 3.63) is 36.4 Å². The second-order valence-corrected chi connectivity index (χ2v) is 10.9. The molecule has 3 aromatic rings. The minimum Gasteiger partial charge on any atom is -0.444 e. The molecule has 0 saturated carbocycles. The van der Waals surface area contributed by atoms with Gasteiger partial charge in [-0.05, 0) is 52.8 Å². The molecule has 2 aliphatic rings. The predicted molar refractivity (Wildman–Crippen MR) is 140 cm³/mol. The Balaban J connectivity index is 1.43. The molecule has 2 fully saturated rings. The van der Waals surface area contributed by atoms with E-state index in [2.05, 4.69) is 27.1 Å². The van der Waals surface area contributed by atoms with Gasteiger partial charge in [0.25, 0.3) is 0 Å². The number of piperidine rings is 1. The highest BCUT2D eigenvalue weighted by Gasteiger charge is 2.28. The molecule has 0 spiro atoms. The van der Waals surface area contributed by atoms with Gasteiger partial charge in [-0.1, -0.05) is 0 Å². The number of hydrogen-bond donors (Lipinski definition) is 1. The van der Waals surface area contributed by atoms with Gasteiger partial charge in [0.15, 0.2) is 5.82 Å². The number of piperazine rings is 1. The van der Waals surface area contributed by atoms with Crippen molar-refractivity contribution in [3.63, 3.8) is 0 Å². The minimum absolute atomic E-state index is 0.0176. The summed E-state index contributed by atoms with van der Waals surface area (Å²) in [4.78, 5) is 33.0. The molecule has 1 amide bonds. The lowest BCUT2D eigenvalue weighted by Crippen LogP contribution is -2.47. The topological polar surface area (TPSA) is 91.1 Å². The summed E-state index contributed by atoms with van der Waals surface area (Å²) in [5, 5.41) is 3.54. The normalized spacial score (nSPS) is 19.3. The first kappa shape index (κ1) is 25.2. The summed E-state index contributed by atoms with van der Waals surface area (Å²) in [5.41, 5.74) is 0.705. The van der Waals surface area contributed by atoms with Crippen LogP contribution in [0, 0.1) is 5.82 Å². The van der Waals surface area contributed by atoms with Gasteiger partial charge in [-0.15, -0.1) is 0 Å². The number of nitrogens with zero attached hydrogens (tertiary/aromatic N) is 7. The summed E-state index contributed by atoms with van der Waals surface area (Å²) >= 11 is 0. The quantitative estimate of drug-likeness (QED) is 0.571. The molecule has 11 heteroatoms. The Morgan fingerprint density at radius 3 is 2.68 bits per heavy atom. The summed E-state index contributed by atoms with van der Waals surface area (Å²) < 4.78 is 21.3. The van der Waals surface area contributed by atoms with Crippen LogP contribution in [0.3, 0.4) is 0 Å². The second kappa shape index (κ2) is 10.1. The summed E-state index contributed by atoms with van der Waals surface area (Å²) in [7, 11) is 2.11. The Labute approximate surface area is 216 Å². The number of rotatable bonds is 4. The number of ether oxygens (including phenoxy) is 1. The molecule has 37 heavy (non-hydrogen) atoms. The van der Waals surface area contributed by atoms with Gasteiger partial charge in [-0.2, -0.15) is 0 Å². The molecule has 0 aliphatic carbocycles. The molecule has 0 aromatic carbocycles. The Bertz CT molecular complexity index is 1270. The number of carbonyl (C=O) groups excluding carboxylic acids is 1. The number of pyridine rings is 1. The molecule has 1 atom stereocenters. The van der Waals surface area contributed by atoms with E-state index in [4.69, 9.17) is 14.7 Å². The Morgan fingerprint density at radius 2 is 1.92 bits per heavy atom. The third-order valence-electron chi connectivity index (χ3n) is 6.66. The number of nitrogens with one attached hydrogen (secondary N) is 1. The summed E-state index contributed by atoms with van der Waals surface area (Å²) in [5.74, 6) is 1.59. The zero-order valence-corrected chi connectivity index (χ0v) is 21.9. The number of hydrogen-bond acceptors (Lipinski definition) is 8. The van der Waals surface area contributed by atoms with Gasteiger partial charge >= 0.3 is 6.09 Å². The fraction of sp³-hybridized carbons (Fsp3) is 0.538. The van der Waals surface area contributed by atoms with Crippen molar-refractivity contribution >= 4 is 23.4 Å². The number of anilines is 2. The van der Waals surface area contributed by atoms with E-state index in [0.29, 0.717) is 36.1 Å². The van der Waals surface area contributed by atoms with Crippen molar-refractivity contribution in [1.29, 1.82) is 0 Å². The van der Waals surface area contributed by atoms with Crippen LogP contribution in [0.4, 0.5) is 20.8 Å². The minimum atomic E-state index is -0.538. The lowest BCUT2D eigenvalue weighted by molar-refractivity contribution is 0.0206. The van der Waals surface area contributed by atoms with Crippen molar-refractivity contribution in [2.75, 3.05) is 56.5 Å². The van der Waals surface area contributed by atoms with Crippen LogP contribution in [0.2, 0.25) is 0 Å². The van der Waals surface area contributed by atoms with E-state index in [0.717, 1.165) is 44.8 Å². The third kappa shape index (κ3) is 5.93. The van der Waals surface area contributed by atoms with Crippen molar-refractivity contribution in [2.24, 2.45) is 0 Å². The second-order valence-electron chi connectivity index (χ2n) is 10.9. The maximum absolute atomic E-state index is 14.1. The Hall–Kier alpha value is -3.47. The Kier molecular flexibility index (Phi) is 6.89. The van der Waals surface area contributed by atoms with Crippen LogP contribution < -0.4 is 10.2 Å². The molecule has 2 saturated heterocycles. The lowest BCUT2D eigenvalue weighted by atomic mass is 10.1. The molecule has 2 aliphatic heterocycles. The first-order chi connectivity index (χ1) is 17.6. The van der Waals surface area contributed by atoms with Crippen LogP contribution in [0.15, 0.2) is 30.6 Å². The zero-order chi connectivity index (χ0) is 26.2. The number of amides is 1. The number of aromatic nitrogens is 4. The molecule has 0 unspecified atom stereocenters. The van der Waals surface area contributed by atoms with E-state index in [1.165, 1.54) is 12.3 Å². The average Bonchev–Trinajstić information content (AvgIpc) is 3.26. The van der Waals surface area contributed by atoms with Crippen LogP contribution in [0.5, 0.6) is 0 Å². The van der Waals surface area contributed by atoms with Gasteiger partial charge < -0.3 is 24.8 Å². The number of likely N-dealkylation sites (tertiary alicyclic amines) is 1. The Morgan fingerprint density at radius 1 is 1.14 bits per heavy atom. The van der Waals surface area contributed by atoms with Crippen molar-refractivity contribution in [1.82, 2.24) is 29.2 Å². The smallest absolute Gasteiger partial charge is 0.410 e. The summed E-state index contributed by atoms with van der Waals surface area (Å²) in [6.07, 6.45) is 4.55. The standard InChI is InChI=1S/C26H35FN8O2/c1-26(2,3)37-25(36)34-9-5-6-19(17-34)29-21-14-23(33-12-10-32(4)11-13-33)31-24(30-21)20-15-28-22-8-7-18(27)16-35(20)22/h7-8,14-16,19H,5-6,9-13,17H2,1-4H3,(H,29,30,31)/t19-/m1/s1. The van der Waals surface area contributed by atoms with Crippen LogP contribution in [0.25, 0.3) is 17.2 Å². The fourth-order valence-corrected chi connectivity index (χ4v) is 4.74. The monoisotopic (exact) mass is 510 g/mol. The van der Waals surface area contributed by atoms with E-state index in [1.54, 1.807) is 21.6 Å². The van der Waals surface area contributed by atoms with Crippen molar-refractivity contribution in [2.45, 2.75) is 45.3 Å². The molecule has 5 rings (SSSR count). The molecular formula is C26H35FN8O2. The van der Waals surface area contributed by atoms with E-state index in [9.17, 15) is 9.18 Å². The maximum Gasteiger partial charge on any atom is 0.410 e. The molecule has 3 aromatic heterocycles. The number of fused-ring (bicyclic) bond motifs is 1. The van der Waals surface area contributed by atoms with E-state index in [1.807, 2.05) is 26.8 Å². The number of imidazole rings is 1. The number of likely N-dealkylation sites (N-methyl/N-ethyl adjacent to an activating group) is 1. The number of halogens is 1. The predicted octanol–water partition coefficient (Wildman–Crippen LogP) is 3.49. The van der Waals surface area contributed by atoms with Gasteiger partial charge in [-0.3, -0.25) is 4.40 Å². The van der Waals surface area contributed by atoms with Gasteiger partial charge in [-0.25, -0.2) is 24.1 Å². The van der Waals surface area contributed by atoms with Gasteiger partial charge in [0.2, 0.25) is 0 Å².